The van der Waals surface area contributed by atoms with Crippen LogP contribution in [0.2, 0.25) is 0 Å². The van der Waals surface area contributed by atoms with Crippen molar-refractivity contribution in [2.45, 2.75) is 32.4 Å². The lowest BCUT2D eigenvalue weighted by Gasteiger charge is -2.19. The second-order valence-electron chi connectivity index (χ2n) is 3.87. The smallest absolute Gasteiger partial charge is 0.137 e. The highest BCUT2D eigenvalue weighted by Gasteiger charge is 2.10. The highest BCUT2D eigenvalue weighted by molar-refractivity contribution is 9.10. The van der Waals surface area contributed by atoms with Crippen LogP contribution in [0.4, 0.5) is 4.39 Å². The summed E-state index contributed by atoms with van der Waals surface area (Å²) < 4.78 is 13.5. The van der Waals surface area contributed by atoms with Crippen LogP contribution in [0.15, 0.2) is 22.7 Å². The lowest BCUT2D eigenvalue weighted by atomic mass is 10.1. The van der Waals surface area contributed by atoms with E-state index < -0.39 is 0 Å². The highest BCUT2D eigenvalue weighted by Crippen LogP contribution is 2.21. The number of rotatable bonds is 4. The lowest BCUT2D eigenvalue weighted by Crippen LogP contribution is -2.28. The van der Waals surface area contributed by atoms with Gasteiger partial charge in [-0.1, -0.05) is 6.07 Å². The van der Waals surface area contributed by atoms with Gasteiger partial charge in [-0.25, -0.2) is 4.39 Å². The molecule has 0 saturated carbocycles. The summed E-state index contributed by atoms with van der Waals surface area (Å²) in [5, 5.41) is 3.36. The van der Waals surface area contributed by atoms with Gasteiger partial charge in [0.2, 0.25) is 0 Å². The van der Waals surface area contributed by atoms with Crippen LogP contribution in [0.1, 0.15) is 31.9 Å². The van der Waals surface area contributed by atoms with Crippen molar-refractivity contribution in [2.24, 2.45) is 0 Å². The molecule has 0 amide bonds. The summed E-state index contributed by atoms with van der Waals surface area (Å²) in [6, 6.07) is 5.43. The molecule has 0 bridgehead atoms. The maximum Gasteiger partial charge on any atom is 0.137 e. The Morgan fingerprint density at radius 2 is 2.19 bits per heavy atom. The normalized spacial score (nSPS) is 14.2. The molecule has 0 heterocycles. The van der Waals surface area contributed by atoms with E-state index in [4.69, 9.17) is 6.42 Å². The maximum atomic E-state index is 13.1. The van der Waals surface area contributed by atoms with Gasteiger partial charge in [0.15, 0.2) is 0 Å². The number of hydrogen-bond acceptors (Lipinski definition) is 1. The van der Waals surface area contributed by atoms with E-state index in [-0.39, 0.29) is 17.9 Å². The molecule has 0 saturated heterocycles. The largest absolute Gasteiger partial charge is 0.307 e. The summed E-state index contributed by atoms with van der Waals surface area (Å²) in [5.74, 6) is 2.37. The molecule has 0 fully saturated rings. The zero-order valence-electron chi connectivity index (χ0n) is 9.43. The maximum absolute atomic E-state index is 13.1. The number of benzene rings is 1. The minimum absolute atomic E-state index is 0.153. The average Bonchev–Trinajstić information content (AvgIpc) is 2.22. The summed E-state index contributed by atoms with van der Waals surface area (Å²) in [5.41, 5.74) is 1.04. The van der Waals surface area contributed by atoms with Gasteiger partial charge in [0.25, 0.3) is 0 Å². The third-order valence-corrected chi connectivity index (χ3v) is 3.01. The second kappa shape index (κ2) is 6.03. The van der Waals surface area contributed by atoms with Crippen LogP contribution >= 0.6 is 15.9 Å². The minimum atomic E-state index is -0.243. The molecule has 1 aromatic rings. The van der Waals surface area contributed by atoms with Crippen molar-refractivity contribution in [3.63, 3.8) is 0 Å². The van der Waals surface area contributed by atoms with Gasteiger partial charge in [0, 0.05) is 18.5 Å². The first kappa shape index (κ1) is 13.2. The van der Waals surface area contributed by atoms with E-state index in [1.165, 1.54) is 6.07 Å². The fourth-order valence-corrected chi connectivity index (χ4v) is 1.94. The molecule has 0 aliphatic rings. The van der Waals surface area contributed by atoms with E-state index in [0.717, 1.165) is 5.56 Å². The van der Waals surface area contributed by atoms with E-state index in [2.05, 4.69) is 27.2 Å². The van der Waals surface area contributed by atoms with E-state index in [9.17, 15) is 4.39 Å². The molecule has 3 heteroatoms. The van der Waals surface area contributed by atoms with E-state index in [1.54, 1.807) is 12.1 Å². The van der Waals surface area contributed by atoms with Gasteiger partial charge < -0.3 is 5.32 Å². The molecule has 2 atom stereocenters. The predicted molar refractivity (Wildman–Crippen MR) is 68.6 cm³/mol. The van der Waals surface area contributed by atoms with Gasteiger partial charge >= 0.3 is 0 Å². The number of hydrogen-bond donors (Lipinski definition) is 1. The van der Waals surface area contributed by atoms with Crippen LogP contribution < -0.4 is 5.32 Å². The van der Waals surface area contributed by atoms with Crippen molar-refractivity contribution < 1.29 is 4.39 Å². The summed E-state index contributed by atoms with van der Waals surface area (Å²) in [6.07, 6.45) is 5.93. The highest BCUT2D eigenvalue weighted by atomic mass is 79.9. The lowest BCUT2D eigenvalue weighted by molar-refractivity contribution is 0.485. The fraction of sp³-hybridized carbons (Fsp3) is 0.385. The topological polar surface area (TPSA) is 12.0 Å². The molecule has 1 N–H and O–H groups in total. The monoisotopic (exact) mass is 283 g/mol. The Morgan fingerprint density at radius 1 is 1.50 bits per heavy atom. The molecule has 86 valence electrons. The summed E-state index contributed by atoms with van der Waals surface area (Å²) in [7, 11) is 0. The van der Waals surface area contributed by atoms with Crippen molar-refractivity contribution in [3.05, 3.63) is 34.1 Å². The Hall–Kier alpha value is -0.850. The summed E-state index contributed by atoms with van der Waals surface area (Å²) in [6.45, 7) is 4.07. The molecule has 1 nitrogen and oxygen atoms in total. The van der Waals surface area contributed by atoms with Crippen molar-refractivity contribution in [1.29, 1.82) is 0 Å². The third-order valence-electron chi connectivity index (χ3n) is 2.40. The van der Waals surface area contributed by atoms with Gasteiger partial charge in [-0.05, 0) is 47.5 Å². The van der Waals surface area contributed by atoms with E-state index in [0.29, 0.717) is 10.9 Å². The number of halogens is 2. The Morgan fingerprint density at radius 3 is 2.75 bits per heavy atom. The Kier molecular flexibility index (Phi) is 4.98. The van der Waals surface area contributed by atoms with Gasteiger partial charge in [-0.2, -0.15) is 0 Å². The molecule has 0 aliphatic heterocycles. The van der Waals surface area contributed by atoms with Gasteiger partial charge in [0.05, 0.1) is 4.47 Å². The van der Waals surface area contributed by atoms with Gasteiger partial charge in [-0.15, -0.1) is 12.3 Å². The number of terminal acetylenes is 1. The minimum Gasteiger partial charge on any atom is -0.307 e. The first-order chi connectivity index (χ1) is 7.54. The van der Waals surface area contributed by atoms with Gasteiger partial charge in [-0.3, -0.25) is 0 Å². The van der Waals surface area contributed by atoms with Crippen molar-refractivity contribution >= 4 is 15.9 Å². The first-order valence-corrected chi connectivity index (χ1v) is 5.98. The Balaban J connectivity index is 2.70. The Labute approximate surface area is 105 Å². The van der Waals surface area contributed by atoms with Crippen LogP contribution in [0.5, 0.6) is 0 Å². The molecule has 16 heavy (non-hydrogen) atoms. The zero-order chi connectivity index (χ0) is 12.1. The molecular weight excluding hydrogens is 269 g/mol. The molecule has 1 aromatic carbocycles. The van der Waals surface area contributed by atoms with Crippen LogP contribution in [-0.4, -0.2) is 6.04 Å². The van der Waals surface area contributed by atoms with Crippen LogP contribution in [-0.2, 0) is 0 Å². The molecule has 0 aliphatic carbocycles. The van der Waals surface area contributed by atoms with E-state index >= 15 is 0 Å². The van der Waals surface area contributed by atoms with Crippen LogP contribution in [0.25, 0.3) is 0 Å². The van der Waals surface area contributed by atoms with Crippen LogP contribution in [0, 0.1) is 18.2 Å². The molecule has 1 rings (SSSR count). The second-order valence-corrected chi connectivity index (χ2v) is 4.73. The SMILES string of the molecule is C#CCC(C)NC(C)c1ccc(F)c(Br)c1. The van der Waals surface area contributed by atoms with Gasteiger partial charge in [0.1, 0.15) is 5.82 Å². The first-order valence-electron chi connectivity index (χ1n) is 5.19. The molecular formula is C13H15BrFN. The third kappa shape index (κ3) is 3.62. The standard InChI is InChI=1S/C13H15BrFN/c1-4-5-9(2)16-10(3)11-6-7-13(15)12(14)8-11/h1,6-10,16H,5H2,2-3H3. The average molecular weight is 284 g/mol. The van der Waals surface area contributed by atoms with Crippen LogP contribution in [0.3, 0.4) is 0 Å². The number of nitrogens with one attached hydrogen (secondary N) is 1. The Bertz CT molecular complexity index is 397. The van der Waals surface area contributed by atoms with Crippen molar-refractivity contribution in [3.8, 4) is 12.3 Å². The summed E-state index contributed by atoms with van der Waals surface area (Å²) >= 11 is 3.18. The van der Waals surface area contributed by atoms with Crippen molar-refractivity contribution in [1.82, 2.24) is 5.32 Å². The molecule has 0 aromatic heterocycles. The predicted octanol–water partition coefficient (Wildman–Crippen LogP) is 3.65. The molecule has 0 radical (unpaired) electrons. The van der Waals surface area contributed by atoms with Crippen molar-refractivity contribution in [2.75, 3.05) is 0 Å². The molecule has 2 unspecified atom stereocenters. The molecule has 0 spiro atoms. The zero-order valence-corrected chi connectivity index (χ0v) is 11.0. The fourth-order valence-electron chi connectivity index (χ4n) is 1.54. The quantitative estimate of drug-likeness (QED) is 0.832. The van der Waals surface area contributed by atoms with E-state index in [1.807, 2.05) is 13.8 Å². The summed E-state index contributed by atoms with van der Waals surface area (Å²) in [4.78, 5) is 0.